The van der Waals surface area contributed by atoms with Gasteiger partial charge in [-0.05, 0) is 25.5 Å². The zero-order valence-corrected chi connectivity index (χ0v) is 7.72. The van der Waals surface area contributed by atoms with E-state index in [-0.39, 0.29) is 0 Å². The summed E-state index contributed by atoms with van der Waals surface area (Å²) in [6.45, 7) is 4.12. The summed E-state index contributed by atoms with van der Waals surface area (Å²) in [5.74, 6) is 0. The highest BCUT2D eigenvalue weighted by atomic mass is 79.9. The number of pyridine rings is 1. The van der Waals surface area contributed by atoms with Crippen molar-refractivity contribution < 1.29 is 0 Å². The predicted molar refractivity (Wildman–Crippen MR) is 46.3 cm³/mol. The number of aryl methyl sites for hydroxylation is 1. The highest BCUT2D eigenvalue weighted by Crippen LogP contribution is 2.22. The van der Waals surface area contributed by atoms with Crippen LogP contribution in [0.15, 0.2) is 18.3 Å². The van der Waals surface area contributed by atoms with Crippen LogP contribution in [0.1, 0.15) is 23.0 Å². The molecule has 0 N–H and O–H groups in total. The van der Waals surface area contributed by atoms with Gasteiger partial charge in [-0.25, -0.2) is 0 Å². The number of aromatic nitrogens is 1. The monoisotopic (exact) mass is 199 g/mol. The molecule has 0 spiro atoms. The Morgan fingerprint density at radius 1 is 1.60 bits per heavy atom. The van der Waals surface area contributed by atoms with Crippen LogP contribution in [0.3, 0.4) is 0 Å². The Morgan fingerprint density at radius 3 is 2.70 bits per heavy atom. The molecule has 1 rings (SSSR count). The number of rotatable bonds is 1. The predicted octanol–water partition coefficient (Wildman–Crippen LogP) is 2.85. The summed E-state index contributed by atoms with van der Waals surface area (Å²) < 4.78 is 0. The van der Waals surface area contributed by atoms with Crippen LogP contribution in [-0.4, -0.2) is 4.98 Å². The Hall–Kier alpha value is -0.370. The Labute approximate surface area is 69.6 Å². The van der Waals surface area contributed by atoms with Crippen molar-refractivity contribution in [3.05, 3.63) is 29.6 Å². The van der Waals surface area contributed by atoms with Crippen LogP contribution in [0.5, 0.6) is 0 Å². The summed E-state index contributed by atoms with van der Waals surface area (Å²) in [4.78, 5) is 4.57. The Balaban J connectivity index is 3.03. The molecule has 0 aliphatic rings. The molecule has 10 heavy (non-hydrogen) atoms. The number of halogens is 1. The first kappa shape index (κ1) is 7.73. The van der Waals surface area contributed by atoms with Gasteiger partial charge in [0.25, 0.3) is 0 Å². The molecular weight excluding hydrogens is 190 g/mol. The number of alkyl halides is 1. The Kier molecular flexibility index (Phi) is 2.44. The van der Waals surface area contributed by atoms with E-state index in [2.05, 4.69) is 33.9 Å². The van der Waals surface area contributed by atoms with E-state index >= 15 is 0 Å². The lowest BCUT2D eigenvalue weighted by molar-refractivity contribution is 1.04. The van der Waals surface area contributed by atoms with Gasteiger partial charge < -0.3 is 0 Å². The third-order valence-electron chi connectivity index (χ3n) is 1.48. The molecule has 0 aliphatic carbocycles. The molecule has 54 valence electrons. The zero-order chi connectivity index (χ0) is 7.56. The highest BCUT2D eigenvalue weighted by molar-refractivity contribution is 9.09. The van der Waals surface area contributed by atoms with E-state index in [1.807, 2.05) is 19.2 Å². The molecule has 1 atom stereocenters. The second-order valence-corrected chi connectivity index (χ2v) is 3.67. The molecule has 1 heterocycles. The summed E-state index contributed by atoms with van der Waals surface area (Å²) >= 11 is 3.49. The molecule has 2 heteroatoms. The first-order valence-electron chi connectivity index (χ1n) is 3.27. The average Bonchev–Trinajstić information content (AvgIpc) is 1.88. The third kappa shape index (κ3) is 1.57. The van der Waals surface area contributed by atoms with Crippen molar-refractivity contribution in [3.8, 4) is 0 Å². The molecular formula is C8H10BrN. The first-order valence-corrected chi connectivity index (χ1v) is 4.19. The van der Waals surface area contributed by atoms with E-state index in [0.717, 1.165) is 5.69 Å². The maximum atomic E-state index is 4.17. The summed E-state index contributed by atoms with van der Waals surface area (Å²) in [5, 5.41) is 0. The lowest BCUT2D eigenvalue weighted by Crippen LogP contribution is -1.90. The fraction of sp³-hybridized carbons (Fsp3) is 0.375. The molecule has 0 aliphatic heterocycles. The van der Waals surface area contributed by atoms with Crippen LogP contribution < -0.4 is 0 Å². The molecule has 0 bridgehead atoms. The minimum atomic E-state index is 0.404. The van der Waals surface area contributed by atoms with Crippen molar-refractivity contribution in [2.24, 2.45) is 0 Å². The fourth-order valence-corrected chi connectivity index (χ4v) is 1.40. The molecule has 1 nitrogen and oxygen atoms in total. The number of hydrogen-bond acceptors (Lipinski definition) is 1. The summed E-state index contributed by atoms with van der Waals surface area (Å²) in [6, 6.07) is 4.04. The molecule has 1 aromatic rings. The van der Waals surface area contributed by atoms with Gasteiger partial charge in [-0.3, -0.25) is 4.98 Å². The topological polar surface area (TPSA) is 12.9 Å². The Morgan fingerprint density at radius 2 is 2.30 bits per heavy atom. The SMILES string of the molecule is Cc1ncccc1C(C)Br. The van der Waals surface area contributed by atoms with Gasteiger partial charge in [-0.2, -0.15) is 0 Å². The molecule has 1 aromatic heterocycles. The summed E-state index contributed by atoms with van der Waals surface area (Å²) in [6.07, 6.45) is 1.81. The van der Waals surface area contributed by atoms with Gasteiger partial charge in [0.1, 0.15) is 0 Å². The Bertz CT molecular complexity index is 220. The highest BCUT2D eigenvalue weighted by Gasteiger charge is 2.02. The maximum absolute atomic E-state index is 4.17. The van der Waals surface area contributed by atoms with Gasteiger partial charge in [0.2, 0.25) is 0 Å². The molecule has 0 saturated carbocycles. The van der Waals surface area contributed by atoms with Crippen molar-refractivity contribution in [2.75, 3.05) is 0 Å². The van der Waals surface area contributed by atoms with Gasteiger partial charge >= 0.3 is 0 Å². The van der Waals surface area contributed by atoms with Crippen molar-refractivity contribution in [1.29, 1.82) is 0 Å². The lowest BCUT2D eigenvalue weighted by Gasteiger charge is -2.04. The minimum absolute atomic E-state index is 0.404. The zero-order valence-electron chi connectivity index (χ0n) is 6.13. The number of hydrogen-bond donors (Lipinski definition) is 0. The summed E-state index contributed by atoms with van der Waals surface area (Å²) in [5.41, 5.74) is 2.37. The van der Waals surface area contributed by atoms with Gasteiger partial charge in [0.15, 0.2) is 0 Å². The van der Waals surface area contributed by atoms with E-state index in [1.54, 1.807) is 0 Å². The lowest BCUT2D eigenvalue weighted by atomic mass is 10.1. The minimum Gasteiger partial charge on any atom is -0.261 e. The second-order valence-electron chi connectivity index (χ2n) is 2.29. The normalized spacial score (nSPS) is 13.1. The standard InChI is InChI=1S/C8H10BrN/c1-6(9)8-4-3-5-10-7(8)2/h3-6H,1-2H3. The molecule has 1 unspecified atom stereocenters. The molecule has 0 amide bonds. The molecule has 0 aromatic carbocycles. The first-order chi connectivity index (χ1) is 4.72. The van der Waals surface area contributed by atoms with Gasteiger partial charge in [0.05, 0.1) is 0 Å². The maximum Gasteiger partial charge on any atom is 0.0415 e. The van der Waals surface area contributed by atoms with E-state index in [1.165, 1.54) is 5.56 Å². The number of nitrogens with zero attached hydrogens (tertiary/aromatic N) is 1. The largest absolute Gasteiger partial charge is 0.261 e. The van der Waals surface area contributed by atoms with Crippen molar-refractivity contribution in [1.82, 2.24) is 4.98 Å². The van der Waals surface area contributed by atoms with E-state index in [4.69, 9.17) is 0 Å². The van der Waals surface area contributed by atoms with Crippen LogP contribution in [0.25, 0.3) is 0 Å². The van der Waals surface area contributed by atoms with Crippen LogP contribution in [0.2, 0.25) is 0 Å². The summed E-state index contributed by atoms with van der Waals surface area (Å²) in [7, 11) is 0. The average molecular weight is 200 g/mol. The van der Waals surface area contributed by atoms with E-state index < -0.39 is 0 Å². The van der Waals surface area contributed by atoms with Crippen molar-refractivity contribution in [2.45, 2.75) is 18.7 Å². The van der Waals surface area contributed by atoms with Gasteiger partial charge in [-0.15, -0.1) is 0 Å². The van der Waals surface area contributed by atoms with Crippen LogP contribution >= 0.6 is 15.9 Å². The van der Waals surface area contributed by atoms with Crippen LogP contribution in [-0.2, 0) is 0 Å². The molecule has 0 fully saturated rings. The van der Waals surface area contributed by atoms with E-state index in [0.29, 0.717) is 4.83 Å². The van der Waals surface area contributed by atoms with Crippen molar-refractivity contribution >= 4 is 15.9 Å². The fourth-order valence-electron chi connectivity index (χ4n) is 0.917. The second kappa shape index (κ2) is 3.15. The van der Waals surface area contributed by atoms with Crippen LogP contribution in [0, 0.1) is 6.92 Å². The van der Waals surface area contributed by atoms with Gasteiger partial charge in [0, 0.05) is 16.7 Å². The van der Waals surface area contributed by atoms with Crippen LogP contribution in [0.4, 0.5) is 0 Å². The molecule has 0 saturated heterocycles. The quantitative estimate of drug-likeness (QED) is 0.635. The molecule has 0 radical (unpaired) electrons. The smallest absolute Gasteiger partial charge is 0.0415 e. The third-order valence-corrected chi connectivity index (χ3v) is 1.97. The van der Waals surface area contributed by atoms with Crippen molar-refractivity contribution in [3.63, 3.8) is 0 Å². The van der Waals surface area contributed by atoms with E-state index in [9.17, 15) is 0 Å². The van der Waals surface area contributed by atoms with Gasteiger partial charge in [-0.1, -0.05) is 22.0 Å².